The molecule has 1 aromatic rings. The van der Waals surface area contributed by atoms with Crippen LogP contribution in [-0.2, 0) is 17.9 Å². The Kier molecular flexibility index (Phi) is 4.16. The fourth-order valence-electron chi connectivity index (χ4n) is 1.58. The van der Waals surface area contributed by atoms with Gasteiger partial charge in [-0.2, -0.15) is 0 Å². The van der Waals surface area contributed by atoms with Crippen molar-refractivity contribution in [2.75, 3.05) is 0 Å². The van der Waals surface area contributed by atoms with Crippen LogP contribution >= 0.6 is 0 Å². The number of aromatic nitrogens is 2. The smallest absolute Gasteiger partial charge is 0.310 e. The van der Waals surface area contributed by atoms with Crippen LogP contribution in [0.25, 0.3) is 0 Å². The molecule has 0 fully saturated rings. The van der Waals surface area contributed by atoms with Gasteiger partial charge in [0.05, 0.1) is 12.0 Å². The van der Waals surface area contributed by atoms with E-state index in [-0.39, 0.29) is 0 Å². The van der Waals surface area contributed by atoms with Crippen LogP contribution in [0.3, 0.4) is 0 Å². The lowest BCUT2D eigenvalue weighted by atomic mass is 9.74. The van der Waals surface area contributed by atoms with Crippen molar-refractivity contribution in [2.45, 2.75) is 53.2 Å². The first kappa shape index (κ1) is 14.7. The van der Waals surface area contributed by atoms with E-state index < -0.39 is 16.9 Å². The number of rotatable bonds is 6. The molecule has 5 heteroatoms. The average molecular weight is 253 g/mol. The van der Waals surface area contributed by atoms with Gasteiger partial charge < -0.3 is 15.0 Å². The Bertz CT molecular complexity index is 422. The molecule has 0 aliphatic carbocycles. The summed E-state index contributed by atoms with van der Waals surface area (Å²) in [5.74, 6) is 0.116. The van der Waals surface area contributed by atoms with Crippen molar-refractivity contribution >= 4 is 5.97 Å². The summed E-state index contributed by atoms with van der Waals surface area (Å²) in [4.78, 5) is 15.6. The maximum Gasteiger partial charge on any atom is 0.310 e. The van der Waals surface area contributed by atoms with Crippen LogP contribution in [0.2, 0.25) is 0 Å². The van der Waals surface area contributed by atoms with Gasteiger partial charge in [-0.15, -0.1) is 0 Å². The second-order valence-electron chi connectivity index (χ2n) is 5.54. The lowest BCUT2D eigenvalue weighted by Crippen LogP contribution is -2.54. The topological polar surface area (TPSA) is 67.2 Å². The highest BCUT2D eigenvalue weighted by Gasteiger charge is 2.43. The maximum atomic E-state index is 11.3. The third kappa shape index (κ3) is 2.72. The van der Waals surface area contributed by atoms with Crippen LogP contribution in [0.4, 0.5) is 0 Å². The number of nitrogens with one attached hydrogen (secondary N) is 1. The lowest BCUT2D eigenvalue weighted by molar-refractivity contribution is -0.151. The molecular weight excluding hydrogens is 230 g/mol. The van der Waals surface area contributed by atoms with Crippen molar-refractivity contribution in [3.8, 4) is 0 Å². The molecule has 0 atom stereocenters. The van der Waals surface area contributed by atoms with Crippen LogP contribution in [0, 0.1) is 5.41 Å². The first-order chi connectivity index (χ1) is 8.22. The van der Waals surface area contributed by atoms with Crippen molar-refractivity contribution in [3.05, 3.63) is 18.2 Å². The molecule has 0 aliphatic heterocycles. The van der Waals surface area contributed by atoms with Gasteiger partial charge in [-0.1, -0.05) is 0 Å². The average Bonchev–Trinajstić information content (AvgIpc) is 2.73. The Morgan fingerprint density at radius 3 is 2.56 bits per heavy atom. The van der Waals surface area contributed by atoms with E-state index in [0.29, 0.717) is 6.54 Å². The fraction of sp³-hybridized carbons (Fsp3) is 0.692. The van der Waals surface area contributed by atoms with E-state index in [2.05, 4.69) is 17.2 Å². The van der Waals surface area contributed by atoms with E-state index >= 15 is 0 Å². The molecule has 0 unspecified atom stereocenters. The molecule has 0 spiro atoms. The minimum atomic E-state index is -0.851. The minimum Gasteiger partial charge on any atom is -0.481 e. The Morgan fingerprint density at radius 1 is 1.44 bits per heavy atom. The van der Waals surface area contributed by atoms with Crippen LogP contribution in [0.1, 0.15) is 40.4 Å². The molecule has 1 heterocycles. The molecule has 0 radical (unpaired) electrons. The zero-order valence-corrected chi connectivity index (χ0v) is 11.8. The third-order valence-electron chi connectivity index (χ3n) is 3.93. The summed E-state index contributed by atoms with van der Waals surface area (Å²) in [6, 6.07) is 0. The molecule has 0 saturated heterocycles. The molecule has 1 rings (SSSR count). The number of carbonyl (C=O) groups is 1. The number of imidazole rings is 1. The predicted molar refractivity (Wildman–Crippen MR) is 70.2 cm³/mol. The first-order valence-electron chi connectivity index (χ1n) is 6.21. The Balaban J connectivity index is 2.76. The summed E-state index contributed by atoms with van der Waals surface area (Å²) >= 11 is 0. The van der Waals surface area contributed by atoms with Crippen LogP contribution in [0.15, 0.2) is 12.4 Å². The summed E-state index contributed by atoms with van der Waals surface area (Å²) in [6.07, 6.45) is 3.68. The van der Waals surface area contributed by atoms with Gasteiger partial charge in [0.15, 0.2) is 0 Å². The molecule has 0 aliphatic rings. The van der Waals surface area contributed by atoms with Crippen molar-refractivity contribution in [1.82, 2.24) is 14.9 Å². The number of nitrogens with zero attached hydrogens (tertiary/aromatic N) is 2. The van der Waals surface area contributed by atoms with E-state index in [9.17, 15) is 9.90 Å². The van der Waals surface area contributed by atoms with E-state index in [4.69, 9.17) is 0 Å². The molecule has 102 valence electrons. The quantitative estimate of drug-likeness (QED) is 0.812. The number of carboxylic acids is 1. The van der Waals surface area contributed by atoms with Gasteiger partial charge in [-0.3, -0.25) is 4.79 Å². The summed E-state index contributed by atoms with van der Waals surface area (Å²) in [5.41, 5.74) is -1.38. The van der Waals surface area contributed by atoms with E-state index in [1.165, 1.54) is 0 Å². The Hall–Kier alpha value is -1.36. The van der Waals surface area contributed by atoms with Gasteiger partial charge in [0.1, 0.15) is 5.82 Å². The molecular formula is C13H23N3O2. The second-order valence-corrected chi connectivity index (χ2v) is 5.54. The van der Waals surface area contributed by atoms with Gasteiger partial charge in [0, 0.05) is 24.5 Å². The molecule has 1 aromatic heterocycles. The van der Waals surface area contributed by atoms with Crippen LogP contribution < -0.4 is 5.32 Å². The maximum absolute atomic E-state index is 11.3. The molecule has 2 N–H and O–H groups in total. The molecule has 0 bridgehead atoms. The molecule has 18 heavy (non-hydrogen) atoms. The number of carboxylic acid groups (broad SMARTS) is 1. The lowest BCUT2D eigenvalue weighted by Gasteiger charge is -2.39. The van der Waals surface area contributed by atoms with E-state index in [1.807, 2.05) is 24.6 Å². The summed E-state index contributed by atoms with van der Waals surface area (Å²) in [7, 11) is 0. The zero-order chi connectivity index (χ0) is 14.0. The standard InChI is InChI=1S/C13H23N3O2/c1-6-16-8-7-14-10(16)9-15-13(4,5)12(2,3)11(17)18/h7-8,15H,6,9H2,1-5H3,(H,17,18). The van der Waals surface area contributed by atoms with Gasteiger partial charge >= 0.3 is 5.97 Å². The second kappa shape index (κ2) is 5.10. The number of aliphatic carboxylic acids is 1. The number of hydrogen-bond donors (Lipinski definition) is 2. The monoisotopic (exact) mass is 253 g/mol. The Labute approximate surface area is 108 Å². The highest BCUT2D eigenvalue weighted by molar-refractivity contribution is 5.75. The number of aryl methyl sites for hydroxylation is 1. The van der Waals surface area contributed by atoms with Crippen molar-refractivity contribution < 1.29 is 9.90 Å². The predicted octanol–water partition coefficient (Wildman–Crippen LogP) is 1.88. The van der Waals surface area contributed by atoms with Crippen molar-refractivity contribution in [3.63, 3.8) is 0 Å². The van der Waals surface area contributed by atoms with Crippen molar-refractivity contribution in [1.29, 1.82) is 0 Å². The molecule has 0 saturated carbocycles. The van der Waals surface area contributed by atoms with Crippen LogP contribution in [0.5, 0.6) is 0 Å². The SMILES string of the molecule is CCn1ccnc1CNC(C)(C)C(C)(C)C(=O)O. The summed E-state index contributed by atoms with van der Waals surface area (Å²) in [5, 5.41) is 12.6. The molecule has 0 aromatic carbocycles. The Morgan fingerprint density at radius 2 is 2.06 bits per heavy atom. The highest BCUT2D eigenvalue weighted by atomic mass is 16.4. The van der Waals surface area contributed by atoms with Gasteiger partial charge in [-0.25, -0.2) is 4.98 Å². The van der Waals surface area contributed by atoms with E-state index in [1.54, 1.807) is 20.0 Å². The fourth-order valence-corrected chi connectivity index (χ4v) is 1.58. The largest absolute Gasteiger partial charge is 0.481 e. The third-order valence-corrected chi connectivity index (χ3v) is 3.93. The molecule has 0 amide bonds. The minimum absolute atomic E-state index is 0.524. The van der Waals surface area contributed by atoms with Crippen molar-refractivity contribution in [2.24, 2.45) is 5.41 Å². The van der Waals surface area contributed by atoms with Gasteiger partial charge in [-0.05, 0) is 34.6 Å². The van der Waals surface area contributed by atoms with Gasteiger partial charge in [0.2, 0.25) is 0 Å². The highest BCUT2D eigenvalue weighted by Crippen LogP contribution is 2.30. The van der Waals surface area contributed by atoms with Crippen LogP contribution in [-0.4, -0.2) is 26.2 Å². The summed E-state index contributed by atoms with van der Waals surface area (Å²) < 4.78 is 2.04. The van der Waals surface area contributed by atoms with Gasteiger partial charge in [0.25, 0.3) is 0 Å². The summed E-state index contributed by atoms with van der Waals surface area (Å²) in [6.45, 7) is 10.7. The molecule has 5 nitrogen and oxygen atoms in total. The van der Waals surface area contributed by atoms with E-state index in [0.717, 1.165) is 12.4 Å². The first-order valence-corrected chi connectivity index (χ1v) is 6.21. The zero-order valence-electron chi connectivity index (χ0n) is 11.8. The number of hydrogen-bond acceptors (Lipinski definition) is 3. The normalized spacial score (nSPS) is 12.7.